The topological polar surface area (TPSA) is 85.1 Å². The molecule has 1 aromatic heterocycles. The average Bonchev–Trinajstić information content (AvgIpc) is 2.96. The number of nitrogen functional groups attached to an aromatic ring is 1. The Bertz CT molecular complexity index is 733. The number of halogens is 2. The Morgan fingerprint density at radius 2 is 2.14 bits per heavy atom. The van der Waals surface area contributed by atoms with Gasteiger partial charge in [0, 0.05) is 11.6 Å². The van der Waals surface area contributed by atoms with Crippen LogP contribution in [0, 0.1) is 0 Å². The van der Waals surface area contributed by atoms with Crippen molar-refractivity contribution < 1.29 is 8.42 Å². The number of nitrogens with one attached hydrogen (secondary N) is 1. The number of nitrogens with two attached hydrogens (primary N) is 1. The van der Waals surface area contributed by atoms with E-state index in [1.807, 2.05) is 6.92 Å². The van der Waals surface area contributed by atoms with Crippen molar-refractivity contribution in [1.29, 1.82) is 0 Å². The van der Waals surface area contributed by atoms with Crippen LogP contribution in [0.3, 0.4) is 0 Å². The Kier molecular flexibility index (Phi) is 5.11. The molecule has 0 aliphatic carbocycles. The van der Waals surface area contributed by atoms with Crippen molar-refractivity contribution in [3.8, 4) is 0 Å². The first-order valence-corrected chi connectivity index (χ1v) is 9.14. The molecule has 0 fully saturated rings. The molecule has 1 aromatic carbocycles. The second-order valence-electron chi connectivity index (χ2n) is 4.23. The summed E-state index contributed by atoms with van der Waals surface area (Å²) >= 11 is 13.2. The Hall–Kier alpha value is -0.860. The summed E-state index contributed by atoms with van der Waals surface area (Å²) in [5, 5.41) is 2.62. The van der Waals surface area contributed by atoms with Crippen LogP contribution in [-0.2, 0) is 10.0 Å². The zero-order valence-electron chi connectivity index (χ0n) is 11.0. The van der Waals surface area contributed by atoms with Crippen LogP contribution in [-0.4, -0.2) is 13.4 Å². The SMILES string of the molecule is CCC(NS(=O)(=O)c1ccc(Cl)c(N)c1Cl)c1nccs1. The van der Waals surface area contributed by atoms with Gasteiger partial charge in [-0.2, -0.15) is 0 Å². The molecule has 0 aliphatic rings. The molecule has 2 aromatic rings. The molecule has 114 valence electrons. The van der Waals surface area contributed by atoms with Crippen LogP contribution in [0.4, 0.5) is 5.69 Å². The summed E-state index contributed by atoms with van der Waals surface area (Å²) in [5.74, 6) is 0. The Morgan fingerprint density at radius 1 is 1.43 bits per heavy atom. The quantitative estimate of drug-likeness (QED) is 0.794. The summed E-state index contributed by atoms with van der Waals surface area (Å²) in [7, 11) is -3.82. The largest absolute Gasteiger partial charge is 0.396 e. The lowest BCUT2D eigenvalue weighted by molar-refractivity contribution is 0.549. The molecule has 0 amide bonds. The van der Waals surface area contributed by atoms with Gasteiger partial charge < -0.3 is 5.73 Å². The molecule has 1 atom stereocenters. The number of nitrogens with zero attached hydrogens (tertiary/aromatic N) is 1. The van der Waals surface area contributed by atoms with E-state index in [0.29, 0.717) is 11.4 Å². The van der Waals surface area contributed by atoms with Gasteiger partial charge in [0.25, 0.3) is 0 Å². The molecule has 0 spiro atoms. The molecule has 21 heavy (non-hydrogen) atoms. The fourth-order valence-corrected chi connectivity index (χ4v) is 4.62. The summed E-state index contributed by atoms with van der Waals surface area (Å²) in [5.41, 5.74) is 5.72. The number of anilines is 1. The highest BCUT2D eigenvalue weighted by atomic mass is 35.5. The fourth-order valence-electron chi connectivity index (χ4n) is 1.72. The standard InChI is InChI=1S/C12H13Cl2N3O2S2/c1-2-8(12-16-5-6-20-12)17-21(18,19)9-4-3-7(13)11(15)10(9)14/h3-6,8,17H,2,15H2,1H3. The predicted octanol–water partition coefficient (Wildman–Crippen LogP) is 3.46. The summed E-state index contributed by atoms with van der Waals surface area (Å²) in [6.45, 7) is 1.87. The summed E-state index contributed by atoms with van der Waals surface area (Å²) in [4.78, 5) is 4.04. The molecule has 9 heteroatoms. The van der Waals surface area contributed by atoms with Crippen molar-refractivity contribution in [1.82, 2.24) is 9.71 Å². The van der Waals surface area contributed by atoms with E-state index >= 15 is 0 Å². The maximum Gasteiger partial charge on any atom is 0.242 e. The molecule has 0 bridgehead atoms. The summed E-state index contributed by atoms with van der Waals surface area (Å²) < 4.78 is 27.5. The number of hydrogen-bond acceptors (Lipinski definition) is 5. The number of rotatable bonds is 5. The molecular formula is C12H13Cl2N3O2S2. The highest BCUT2D eigenvalue weighted by Crippen LogP contribution is 2.34. The highest BCUT2D eigenvalue weighted by molar-refractivity contribution is 7.89. The van der Waals surface area contributed by atoms with Gasteiger partial charge in [0.15, 0.2) is 0 Å². The minimum atomic E-state index is -3.82. The molecule has 0 aliphatic heterocycles. The van der Waals surface area contributed by atoms with E-state index in [1.165, 1.54) is 23.5 Å². The molecule has 0 saturated heterocycles. The molecule has 1 heterocycles. The monoisotopic (exact) mass is 365 g/mol. The first kappa shape index (κ1) is 16.5. The van der Waals surface area contributed by atoms with Crippen LogP contribution in [0.2, 0.25) is 10.0 Å². The van der Waals surface area contributed by atoms with Gasteiger partial charge in [-0.15, -0.1) is 11.3 Å². The second-order valence-corrected chi connectivity index (χ2v) is 7.62. The summed E-state index contributed by atoms with van der Waals surface area (Å²) in [6.07, 6.45) is 2.19. The Morgan fingerprint density at radius 3 is 2.71 bits per heavy atom. The van der Waals surface area contributed by atoms with Crippen molar-refractivity contribution >= 4 is 50.2 Å². The summed E-state index contributed by atoms with van der Waals surface area (Å²) in [6, 6.07) is 2.32. The number of benzene rings is 1. The van der Waals surface area contributed by atoms with Crippen molar-refractivity contribution in [2.45, 2.75) is 24.3 Å². The lowest BCUT2D eigenvalue weighted by atomic mass is 10.3. The van der Waals surface area contributed by atoms with Gasteiger partial charge >= 0.3 is 0 Å². The molecular weight excluding hydrogens is 353 g/mol. The van der Waals surface area contributed by atoms with Crippen LogP contribution in [0.1, 0.15) is 24.4 Å². The Labute approximate surface area is 137 Å². The van der Waals surface area contributed by atoms with Crippen molar-refractivity contribution in [2.24, 2.45) is 0 Å². The van der Waals surface area contributed by atoms with Gasteiger partial charge in [-0.05, 0) is 18.6 Å². The van der Waals surface area contributed by atoms with E-state index < -0.39 is 16.1 Å². The third kappa shape index (κ3) is 3.49. The van der Waals surface area contributed by atoms with Crippen molar-refractivity contribution in [2.75, 3.05) is 5.73 Å². The van der Waals surface area contributed by atoms with Gasteiger partial charge in [0.05, 0.1) is 21.8 Å². The van der Waals surface area contributed by atoms with Crippen LogP contribution in [0.5, 0.6) is 0 Å². The number of sulfonamides is 1. The highest BCUT2D eigenvalue weighted by Gasteiger charge is 2.25. The minimum absolute atomic E-state index is 0.0449. The molecule has 1 unspecified atom stereocenters. The van der Waals surface area contributed by atoms with Gasteiger partial charge in [0.1, 0.15) is 9.90 Å². The lowest BCUT2D eigenvalue weighted by Gasteiger charge is -2.16. The van der Waals surface area contributed by atoms with Crippen molar-refractivity contribution in [3.05, 3.63) is 38.8 Å². The molecule has 3 N–H and O–H groups in total. The minimum Gasteiger partial charge on any atom is -0.396 e. The van der Waals surface area contributed by atoms with E-state index in [1.54, 1.807) is 11.6 Å². The number of thiazole rings is 1. The van der Waals surface area contributed by atoms with Gasteiger partial charge in [-0.1, -0.05) is 30.1 Å². The van der Waals surface area contributed by atoms with E-state index in [9.17, 15) is 8.42 Å². The zero-order valence-corrected chi connectivity index (χ0v) is 14.2. The maximum atomic E-state index is 12.5. The van der Waals surface area contributed by atoms with E-state index in [0.717, 1.165) is 0 Å². The predicted molar refractivity (Wildman–Crippen MR) is 86.3 cm³/mol. The Balaban J connectivity index is 2.37. The molecule has 5 nitrogen and oxygen atoms in total. The molecule has 0 radical (unpaired) electrons. The van der Waals surface area contributed by atoms with Gasteiger partial charge in [-0.3, -0.25) is 0 Å². The normalized spacial score (nSPS) is 13.3. The first-order chi connectivity index (χ1) is 9.86. The fraction of sp³-hybridized carbons (Fsp3) is 0.250. The first-order valence-electron chi connectivity index (χ1n) is 6.02. The van der Waals surface area contributed by atoms with Crippen LogP contribution in [0.25, 0.3) is 0 Å². The second kappa shape index (κ2) is 6.50. The van der Waals surface area contributed by atoms with E-state index in [-0.39, 0.29) is 20.6 Å². The van der Waals surface area contributed by atoms with E-state index in [2.05, 4.69) is 9.71 Å². The van der Waals surface area contributed by atoms with Crippen LogP contribution in [0.15, 0.2) is 28.6 Å². The van der Waals surface area contributed by atoms with Crippen molar-refractivity contribution in [3.63, 3.8) is 0 Å². The third-order valence-electron chi connectivity index (χ3n) is 2.84. The van der Waals surface area contributed by atoms with Crippen LogP contribution < -0.4 is 10.5 Å². The maximum absolute atomic E-state index is 12.5. The number of aromatic nitrogens is 1. The number of hydrogen-bond donors (Lipinski definition) is 2. The lowest BCUT2D eigenvalue weighted by Crippen LogP contribution is -2.28. The van der Waals surface area contributed by atoms with Gasteiger partial charge in [-0.25, -0.2) is 18.1 Å². The third-order valence-corrected chi connectivity index (χ3v) is 6.09. The van der Waals surface area contributed by atoms with Crippen LogP contribution >= 0.6 is 34.5 Å². The average molecular weight is 366 g/mol. The van der Waals surface area contributed by atoms with Gasteiger partial charge in [0.2, 0.25) is 10.0 Å². The van der Waals surface area contributed by atoms with E-state index in [4.69, 9.17) is 28.9 Å². The molecule has 2 rings (SSSR count). The zero-order chi connectivity index (χ0) is 15.6. The smallest absolute Gasteiger partial charge is 0.242 e. The molecule has 0 saturated carbocycles.